The van der Waals surface area contributed by atoms with E-state index in [1.165, 1.54) is 0 Å². The summed E-state index contributed by atoms with van der Waals surface area (Å²) < 4.78 is 0. The summed E-state index contributed by atoms with van der Waals surface area (Å²) in [7, 11) is 0. The van der Waals surface area contributed by atoms with Crippen LogP contribution in [0.5, 0.6) is 0 Å². The molecule has 0 bridgehead atoms. The minimum absolute atomic E-state index is 0.481. The van der Waals surface area contributed by atoms with E-state index < -0.39 is 0 Å². The zero-order valence-electron chi connectivity index (χ0n) is 7.54. The van der Waals surface area contributed by atoms with E-state index in [4.69, 9.17) is 23.2 Å². The zero-order chi connectivity index (χ0) is 10.4. The molecule has 0 atom stereocenters. The van der Waals surface area contributed by atoms with Crippen molar-refractivity contribution < 1.29 is 4.79 Å². The Labute approximate surface area is 93.3 Å². The minimum atomic E-state index is 0.481. The van der Waals surface area contributed by atoms with Crippen molar-refractivity contribution in [2.75, 3.05) is 5.88 Å². The molecule has 1 aromatic rings. The number of rotatable bonds is 4. The van der Waals surface area contributed by atoms with Crippen molar-refractivity contribution >= 4 is 35.6 Å². The molecule has 0 unspecified atom stereocenters. The number of carbonyl (C=O) groups is 1. The van der Waals surface area contributed by atoms with Crippen molar-refractivity contribution in [3.05, 3.63) is 40.4 Å². The van der Waals surface area contributed by atoms with Crippen LogP contribution in [0.15, 0.2) is 24.3 Å². The molecule has 0 spiro atoms. The highest BCUT2D eigenvalue weighted by Crippen LogP contribution is 2.16. The van der Waals surface area contributed by atoms with E-state index in [1.54, 1.807) is 12.1 Å². The van der Waals surface area contributed by atoms with Gasteiger partial charge in [0.2, 0.25) is 0 Å². The Bertz CT molecular complexity index is 345. The topological polar surface area (TPSA) is 17.1 Å². The molecule has 0 heterocycles. The maximum Gasteiger partial charge on any atom is 0.151 e. The average Bonchev–Trinajstić information content (AvgIpc) is 2.21. The lowest BCUT2D eigenvalue weighted by atomic mass is 10.1. The summed E-state index contributed by atoms with van der Waals surface area (Å²) in [5.74, 6) is 0.602. The van der Waals surface area contributed by atoms with E-state index in [1.807, 2.05) is 18.2 Å². The van der Waals surface area contributed by atoms with Gasteiger partial charge in [0.05, 0.1) is 5.02 Å². The van der Waals surface area contributed by atoms with Gasteiger partial charge in [0, 0.05) is 11.4 Å². The molecule has 1 rings (SSSR count). The summed E-state index contributed by atoms with van der Waals surface area (Å²) in [4.78, 5) is 10.6. The van der Waals surface area contributed by atoms with E-state index in [2.05, 4.69) is 0 Å². The van der Waals surface area contributed by atoms with Crippen LogP contribution < -0.4 is 0 Å². The highest BCUT2D eigenvalue weighted by molar-refractivity contribution is 6.33. The van der Waals surface area contributed by atoms with Gasteiger partial charge < -0.3 is 0 Å². The van der Waals surface area contributed by atoms with Crippen LogP contribution in [-0.4, -0.2) is 12.2 Å². The van der Waals surface area contributed by atoms with Gasteiger partial charge in [-0.2, -0.15) is 0 Å². The lowest BCUT2D eigenvalue weighted by Gasteiger charge is -1.97. The Hall–Kier alpha value is -0.790. The van der Waals surface area contributed by atoms with Gasteiger partial charge in [0.25, 0.3) is 0 Å². The first-order valence-corrected chi connectivity index (χ1v) is 5.16. The summed E-state index contributed by atoms with van der Waals surface area (Å²) in [6.45, 7) is 0. The molecular formula is C11H10Cl2O. The zero-order valence-corrected chi connectivity index (χ0v) is 9.05. The Morgan fingerprint density at radius 3 is 2.79 bits per heavy atom. The van der Waals surface area contributed by atoms with Crippen molar-refractivity contribution in [3.8, 4) is 0 Å². The van der Waals surface area contributed by atoms with Gasteiger partial charge in [-0.25, -0.2) is 0 Å². The van der Waals surface area contributed by atoms with Crippen LogP contribution in [0.4, 0.5) is 0 Å². The summed E-state index contributed by atoms with van der Waals surface area (Å²) >= 11 is 11.3. The molecule has 3 heteroatoms. The van der Waals surface area contributed by atoms with Crippen LogP contribution in [0.1, 0.15) is 22.3 Å². The van der Waals surface area contributed by atoms with Gasteiger partial charge in [-0.3, -0.25) is 4.79 Å². The standard InChI is InChI=1S/C11H10Cl2O/c12-6-2-1-3-9-4-5-11(13)10(7-9)8-14/h1,3-5,7-8H,2,6H2. The Balaban J connectivity index is 2.84. The van der Waals surface area contributed by atoms with Gasteiger partial charge in [-0.05, 0) is 24.1 Å². The number of allylic oxidation sites excluding steroid dienone is 1. The molecule has 0 saturated heterocycles. The smallest absolute Gasteiger partial charge is 0.151 e. The number of carbonyl (C=O) groups excluding carboxylic acids is 1. The van der Waals surface area contributed by atoms with Gasteiger partial charge in [-0.15, -0.1) is 11.6 Å². The van der Waals surface area contributed by atoms with Crippen molar-refractivity contribution in [2.45, 2.75) is 6.42 Å². The third kappa shape index (κ3) is 3.17. The number of hydrogen-bond acceptors (Lipinski definition) is 1. The summed E-state index contributed by atoms with van der Waals surface area (Å²) in [5, 5.41) is 0.481. The molecule has 0 saturated carbocycles. The SMILES string of the molecule is O=Cc1cc(C=CCCCl)ccc1Cl. The number of aldehydes is 1. The van der Waals surface area contributed by atoms with Crippen molar-refractivity contribution in [3.63, 3.8) is 0 Å². The molecule has 74 valence electrons. The van der Waals surface area contributed by atoms with Gasteiger partial charge in [-0.1, -0.05) is 29.8 Å². The second kappa shape index (κ2) is 5.84. The predicted octanol–water partition coefficient (Wildman–Crippen LogP) is 3.79. The fourth-order valence-corrected chi connectivity index (χ4v) is 1.33. The minimum Gasteiger partial charge on any atom is -0.298 e. The first-order valence-electron chi connectivity index (χ1n) is 4.25. The quantitative estimate of drug-likeness (QED) is 0.567. The molecule has 0 aromatic heterocycles. The molecule has 0 radical (unpaired) electrons. The fraction of sp³-hybridized carbons (Fsp3) is 0.182. The molecule has 0 N–H and O–H groups in total. The van der Waals surface area contributed by atoms with Crippen LogP contribution in [0.25, 0.3) is 6.08 Å². The number of halogens is 2. The van der Waals surface area contributed by atoms with Gasteiger partial charge in [0.1, 0.15) is 0 Å². The van der Waals surface area contributed by atoms with Crippen LogP contribution in [0.2, 0.25) is 5.02 Å². The van der Waals surface area contributed by atoms with Gasteiger partial charge >= 0.3 is 0 Å². The van der Waals surface area contributed by atoms with E-state index in [9.17, 15) is 4.79 Å². The van der Waals surface area contributed by atoms with E-state index in [-0.39, 0.29) is 0 Å². The summed E-state index contributed by atoms with van der Waals surface area (Å²) in [6, 6.07) is 5.33. The van der Waals surface area contributed by atoms with Crippen molar-refractivity contribution in [1.29, 1.82) is 0 Å². The number of alkyl halides is 1. The number of benzene rings is 1. The van der Waals surface area contributed by atoms with Gasteiger partial charge in [0.15, 0.2) is 6.29 Å². The Kier molecular flexibility index (Phi) is 4.71. The van der Waals surface area contributed by atoms with Crippen LogP contribution >= 0.6 is 23.2 Å². The first-order chi connectivity index (χ1) is 6.77. The third-order valence-electron chi connectivity index (χ3n) is 1.73. The maximum atomic E-state index is 10.6. The van der Waals surface area contributed by atoms with E-state index >= 15 is 0 Å². The van der Waals surface area contributed by atoms with Crippen LogP contribution in [0.3, 0.4) is 0 Å². The largest absolute Gasteiger partial charge is 0.298 e. The monoisotopic (exact) mass is 228 g/mol. The second-order valence-corrected chi connectivity index (χ2v) is 3.56. The molecule has 1 nitrogen and oxygen atoms in total. The highest BCUT2D eigenvalue weighted by Gasteiger charge is 1.98. The fourth-order valence-electron chi connectivity index (χ4n) is 1.04. The molecule has 0 aliphatic carbocycles. The first kappa shape index (κ1) is 11.3. The van der Waals surface area contributed by atoms with Crippen LogP contribution in [-0.2, 0) is 0 Å². The normalized spacial score (nSPS) is 10.7. The van der Waals surface area contributed by atoms with E-state index in [0.717, 1.165) is 18.3 Å². The van der Waals surface area contributed by atoms with Crippen molar-refractivity contribution in [1.82, 2.24) is 0 Å². The molecule has 14 heavy (non-hydrogen) atoms. The Morgan fingerprint density at radius 2 is 2.14 bits per heavy atom. The summed E-state index contributed by atoms with van der Waals surface area (Å²) in [5.41, 5.74) is 1.47. The molecule has 0 amide bonds. The predicted molar refractivity (Wildman–Crippen MR) is 61.2 cm³/mol. The average molecular weight is 229 g/mol. The molecule has 0 aliphatic rings. The lowest BCUT2D eigenvalue weighted by Crippen LogP contribution is -1.83. The summed E-state index contributed by atoms with van der Waals surface area (Å²) in [6.07, 6.45) is 5.46. The molecule has 0 aliphatic heterocycles. The second-order valence-electron chi connectivity index (χ2n) is 2.78. The lowest BCUT2D eigenvalue weighted by molar-refractivity contribution is 0.112. The molecular weight excluding hydrogens is 219 g/mol. The van der Waals surface area contributed by atoms with Crippen LogP contribution in [0, 0.1) is 0 Å². The Morgan fingerprint density at radius 1 is 1.36 bits per heavy atom. The van der Waals surface area contributed by atoms with E-state index in [0.29, 0.717) is 16.5 Å². The maximum absolute atomic E-state index is 10.6. The molecule has 0 fully saturated rings. The van der Waals surface area contributed by atoms with Crippen molar-refractivity contribution in [2.24, 2.45) is 0 Å². The highest BCUT2D eigenvalue weighted by atomic mass is 35.5. The number of hydrogen-bond donors (Lipinski definition) is 0. The third-order valence-corrected chi connectivity index (χ3v) is 2.30. The molecule has 1 aromatic carbocycles.